The molecule has 0 aliphatic carbocycles. The molecule has 1 amide bonds. The van der Waals surface area contributed by atoms with Crippen LogP contribution in [0.3, 0.4) is 0 Å². The molecule has 2 heterocycles. The predicted octanol–water partition coefficient (Wildman–Crippen LogP) is 2.35. The van der Waals surface area contributed by atoms with Gasteiger partial charge >= 0.3 is 5.97 Å². The summed E-state index contributed by atoms with van der Waals surface area (Å²) >= 11 is 0. The van der Waals surface area contributed by atoms with Crippen LogP contribution in [0.2, 0.25) is 0 Å². The predicted molar refractivity (Wildman–Crippen MR) is 116 cm³/mol. The van der Waals surface area contributed by atoms with E-state index in [1.165, 1.54) is 36.2 Å². The number of benzene rings is 2. The number of pyridine rings is 1. The van der Waals surface area contributed by atoms with Crippen LogP contribution in [0.25, 0.3) is 16.7 Å². The lowest BCUT2D eigenvalue weighted by molar-refractivity contribution is -0.142. The highest BCUT2D eigenvalue weighted by Gasteiger charge is 2.25. The van der Waals surface area contributed by atoms with Crippen molar-refractivity contribution in [2.24, 2.45) is 0 Å². The molecule has 32 heavy (non-hydrogen) atoms. The number of carbonyl (C=O) groups excluding carboxylic acids is 2. The third kappa shape index (κ3) is 4.36. The maximum absolute atomic E-state index is 13.1. The van der Waals surface area contributed by atoms with Gasteiger partial charge in [0.15, 0.2) is 5.82 Å². The molecule has 0 fully saturated rings. The first-order valence-electron chi connectivity index (χ1n) is 9.75. The Morgan fingerprint density at radius 2 is 1.84 bits per heavy atom. The molecule has 0 unspecified atom stereocenters. The Hall–Kier alpha value is -4.40. The lowest BCUT2D eigenvalue weighted by Crippen LogP contribution is -2.43. The third-order valence-electron chi connectivity index (χ3n) is 4.90. The van der Waals surface area contributed by atoms with E-state index in [9.17, 15) is 19.8 Å². The molecule has 2 aromatic heterocycles. The number of hydrogen-bond donors (Lipinski definition) is 3. The highest BCUT2D eigenvalue weighted by Crippen LogP contribution is 2.21. The van der Waals surface area contributed by atoms with E-state index < -0.39 is 17.9 Å². The molecular formula is C23H20N4O5. The second kappa shape index (κ2) is 8.76. The van der Waals surface area contributed by atoms with Gasteiger partial charge in [-0.2, -0.15) is 5.10 Å². The molecule has 4 aromatic rings. The van der Waals surface area contributed by atoms with Crippen molar-refractivity contribution in [2.75, 3.05) is 7.11 Å². The van der Waals surface area contributed by atoms with E-state index in [1.54, 1.807) is 42.6 Å². The fourth-order valence-electron chi connectivity index (χ4n) is 3.32. The van der Waals surface area contributed by atoms with Gasteiger partial charge in [-0.1, -0.05) is 12.1 Å². The summed E-state index contributed by atoms with van der Waals surface area (Å²) in [6.45, 7) is 0. The van der Waals surface area contributed by atoms with Gasteiger partial charge in [-0.25, -0.2) is 14.5 Å². The molecule has 9 nitrogen and oxygen atoms in total. The van der Waals surface area contributed by atoms with Crippen molar-refractivity contribution in [1.29, 1.82) is 0 Å². The molecule has 1 atom stereocenters. The summed E-state index contributed by atoms with van der Waals surface area (Å²) in [5.41, 5.74) is 1.58. The number of carbonyl (C=O) groups is 2. The number of nitrogens with zero attached hydrogens (tertiary/aromatic N) is 3. The van der Waals surface area contributed by atoms with Crippen molar-refractivity contribution in [1.82, 2.24) is 20.1 Å². The number of ether oxygens (including phenoxy) is 1. The summed E-state index contributed by atoms with van der Waals surface area (Å²) in [4.78, 5) is 29.7. The van der Waals surface area contributed by atoms with Gasteiger partial charge < -0.3 is 20.3 Å². The van der Waals surface area contributed by atoms with Gasteiger partial charge in [0, 0.05) is 24.2 Å². The van der Waals surface area contributed by atoms with Crippen LogP contribution in [0.4, 0.5) is 0 Å². The molecule has 0 bridgehead atoms. The van der Waals surface area contributed by atoms with Crippen LogP contribution in [0.5, 0.6) is 11.5 Å². The highest BCUT2D eigenvalue weighted by atomic mass is 16.5. The van der Waals surface area contributed by atoms with Crippen molar-refractivity contribution in [3.63, 3.8) is 0 Å². The molecule has 0 saturated carbocycles. The highest BCUT2D eigenvalue weighted by molar-refractivity contribution is 5.99. The number of hydrogen-bond acceptors (Lipinski definition) is 7. The molecule has 0 aliphatic heterocycles. The Bertz CT molecular complexity index is 1280. The Kier molecular flexibility index (Phi) is 5.71. The minimum atomic E-state index is -0.946. The zero-order chi connectivity index (χ0) is 22.7. The molecule has 3 N–H and O–H groups in total. The average Bonchev–Trinajstić information content (AvgIpc) is 3.22. The largest absolute Gasteiger partial charge is 0.508 e. The Morgan fingerprint density at radius 1 is 1.09 bits per heavy atom. The number of phenols is 2. The molecule has 0 saturated heterocycles. The molecular weight excluding hydrogens is 412 g/mol. The van der Waals surface area contributed by atoms with Gasteiger partial charge in [-0.15, -0.1) is 0 Å². The number of nitrogens with one attached hydrogen (secondary N) is 1. The van der Waals surface area contributed by atoms with Crippen LogP contribution in [-0.2, 0) is 16.0 Å². The number of aromatic hydroxyl groups is 2. The van der Waals surface area contributed by atoms with Crippen LogP contribution in [0.15, 0.2) is 67.0 Å². The molecule has 2 aromatic carbocycles. The quantitative estimate of drug-likeness (QED) is 0.399. The van der Waals surface area contributed by atoms with E-state index in [-0.39, 0.29) is 29.3 Å². The fraction of sp³-hybridized carbons (Fsp3) is 0.130. The average molecular weight is 432 g/mol. The van der Waals surface area contributed by atoms with Gasteiger partial charge in [0.25, 0.3) is 5.91 Å². The Balaban J connectivity index is 1.63. The van der Waals surface area contributed by atoms with E-state index in [0.717, 1.165) is 5.56 Å². The number of amides is 1. The van der Waals surface area contributed by atoms with Crippen molar-refractivity contribution < 1.29 is 24.5 Å². The smallest absolute Gasteiger partial charge is 0.328 e. The van der Waals surface area contributed by atoms with Crippen molar-refractivity contribution in [3.8, 4) is 17.3 Å². The Morgan fingerprint density at radius 3 is 2.59 bits per heavy atom. The van der Waals surface area contributed by atoms with Crippen LogP contribution in [0.1, 0.15) is 15.9 Å². The third-order valence-corrected chi connectivity index (χ3v) is 4.90. The monoisotopic (exact) mass is 432 g/mol. The zero-order valence-electron chi connectivity index (χ0n) is 17.1. The summed E-state index contributed by atoms with van der Waals surface area (Å²) in [7, 11) is 1.25. The molecule has 4 rings (SSSR count). The van der Waals surface area contributed by atoms with E-state index in [4.69, 9.17) is 4.74 Å². The lowest BCUT2D eigenvalue weighted by atomic mass is 10.1. The lowest BCUT2D eigenvalue weighted by Gasteiger charge is -2.17. The minimum Gasteiger partial charge on any atom is -0.508 e. The summed E-state index contributed by atoms with van der Waals surface area (Å²) in [6.07, 6.45) is 3.37. The van der Waals surface area contributed by atoms with Gasteiger partial charge in [0.2, 0.25) is 0 Å². The topological polar surface area (TPSA) is 127 Å². The zero-order valence-corrected chi connectivity index (χ0v) is 17.1. The Labute approximate surface area is 182 Å². The molecule has 0 radical (unpaired) electrons. The SMILES string of the molecule is COC(=O)[C@H](Cc1ccc(O)cc1)NC(=O)c1cccnc1-n1cc2cc(O)ccc2n1. The van der Waals surface area contributed by atoms with Gasteiger partial charge in [-0.05, 0) is 48.0 Å². The van der Waals surface area contributed by atoms with Crippen molar-refractivity contribution in [2.45, 2.75) is 12.5 Å². The van der Waals surface area contributed by atoms with Gasteiger partial charge in [0.1, 0.15) is 17.5 Å². The van der Waals surface area contributed by atoms with E-state index >= 15 is 0 Å². The molecule has 0 aliphatic rings. The van der Waals surface area contributed by atoms with E-state index in [1.807, 2.05) is 0 Å². The van der Waals surface area contributed by atoms with Crippen molar-refractivity contribution >= 4 is 22.8 Å². The van der Waals surface area contributed by atoms with Gasteiger partial charge in [-0.3, -0.25) is 4.79 Å². The minimum absolute atomic E-state index is 0.103. The normalized spacial score (nSPS) is 11.8. The number of phenolic OH excluding ortho intramolecular Hbond substituents is 2. The summed E-state index contributed by atoms with van der Waals surface area (Å²) in [5.74, 6) is -0.644. The van der Waals surface area contributed by atoms with Crippen LogP contribution in [-0.4, -0.2) is 50.0 Å². The van der Waals surface area contributed by atoms with Gasteiger partial charge in [0.05, 0.1) is 18.2 Å². The maximum atomic E-state index is 13.1. The summed E-state index contributed by atoms with van der Waals surface area (Å²) in [6, 6.07) is 13.3. The van der Waals surface area contributed by atoms with E-state index in [2.05, 4.69) is 15.4 Å². The first kappa shape index (κ1) is 20.9. The summed E-state index contributed by atoms with van der Waals surface area (Å²) < 4.78 is 6.30. The van der Waals surface area contributed by atoms with E-state index in [0.29, 0.717) is 10.9 Å². The number of fused-ring (bicyclic) bond motifs is 1. The number of esters is 1. The first-order chi connectivity index (χ1) is 15.4. The second-order valence-electron chi connectivity index (χ2n) is 7.11. The molecule has 9 heteroatoms. The number of aromatic nitrogens is 3. The van der Waals surface area contributed by atoms with Crippen LogP contribution >= 0.6 is 0 Å². The number of methoxy groups -OCH3 is 1. The standard InChI is InChI=1S/C23H20N4O5/c1-32-23(31)20(11-14-4-6-16(28)7-5-14)25-22(30)18-3-2-10-24-21(18)27-13-15-12-17(29)8-9-19(15)26-27/h2-10,12-13,20,28-29H,11H2,1H3,(H,25,30)/t20-/m0/s1. The maximum Gasteiger partial charge on any atom is 0.328 e. The van der Waals surface area contributed by atoms with Crippen LogP contribution in [0, 0.1) is 0 Å². The summed E-state index contributed by atoms with van der Waals surface area (Å²) in [5, 5.41) is 27.0. The fourth-order valence-corrected chi connectivity index (χ4v) is 3.32. The second-order valence-corrected chi connectivity index (χ2v) is 7.11. The van der Waals surface area contributed by atoms with Crippen molar-refractivity contribution in [3.05, 3.63) is 78.1 Å². The van der Waals surface area contributed by atoms with Crippen LogP contribution < -0.4 is 5.32 Å². The molecule has 162 valence electrons. The number of rotatable bonds is 6. The molecule has 0 spiro atoms. The first-order valence-corrected chi connectivity index (χ1v) is 9.75.